The van der Waals surface area contributed by atoms with Gasteiger partial charge >= 0.3 is 0 Å². The van der Waals surface area contributed by atoms with E-state index in [-0.39, 0.29) is 0 Å². The number of hydrogen-bond donors (Lipinski definition) is 1. The summed E-state index contributed by atoms with van der Waals surface area (Å²) in [5.41, 5.74) is 2.30. The molecule has 1 N–H and O–H groups in total. The second kappa shape index (κ2) is 7.70. The van der Waals surface area contributed by atoms with Crippen LogP contribution in [0.2, 0.25) is 5.02 Å². The van der Waals surface area contributed by atoms with E-state index in [4.69, 9.17) is 21.1 Å². The van der Waals surface area contributed by atoms with Gasteiger partial charge in [-0.2, -0.15) is 0 Å². The van der Waals surface area contributed by atoms with Crippen molar-refractivity contribution >= 4 is 17.3 Å². The third-order valence-electron chi connectivity index (χ3n) is 3.18. The van der Waals surface area contributed by atoms with E-state index >= 15 is 0 Å². The zero-order valence-corrected chi connectivity index (χ0v) is 12.1. The van der Waals surface area contributed by atoms with Crippen LogP contribution in [0.4, 0.5) is 5.69 Å². The molecule has 1 saturated heterocycles. The highest BCUT2D eigenvalue weighted by Gasteiger charge is 2.14. The first kappa shape index (κ1) is 14.6. The molecular formula is C14H21ClN2O2. The fraction of sp³-hybridized carbons (Fsp3) is 0.571. The lowest BCUT2D eigenvalue weighted by molar-refractivity contribution is 0.122. The summed E-state index contributed by atoms with van der Waals surface area (Å²) >= 11 is 6.37. The normalized spacial score (nSPS) is 15.8. The van der Waals surface area contributed by atoms with Crippen LogP contribution in [0.1, 0.15) is 5.56 Å². The zero-order valence-electron chi connectivity index (χ0n) is 11.3. The van der Waals surface area contributed by atoms with Gasteiger partial charge in [0.15, 0.2) is 0 Å². The highest BCUT2D eigenvalue weighted by Crippen LogP contribution is 2.27. The average Bonchev–Trinajstić information content (AvgIpc) is 2.45. The highest BCUT2D eigenvalue weighted by molar-refractivity contribution is 6.33. The molecule has 0 amide bonds. The van der Waals surface area contributed by atoms with Gasteiger partial charge in [0, 0.05) is 33.3 Å². The van der Waals surface area contributed by atoms with Crippen LogP contribution < -0.4 is 10.2 Å². The maximum absolute atomic E-state index is 6.37. The van der Waals surface area contributed by atoms with Gasteiger partial charge < -0.3 is 19.7 Å². The molecule has 0 bridgehead atoms. The molecule has 1 heterocycles. The van der Waals surface area contributed by atoms with Gasteiger partial charge in [0.25, 0.3) is 0 Å². The SMILES string of the molecule is COCCNCc1ccc(N2CCOCC2)c(Cl)c1. The lowest BCUT2D eigenvalue weighted by Gasteiger charge is -2.29. The minimum atomic E-state index is 0.722. The van der Waals surface area contributed by atoms with Gasteiger partial charge in [-0.05, 0) is 17.7 Å². The summed E-state index contributed by atoms with van der Waals surface area (Å²) < 4.78 is 10.3. The van der Waals surface area contributed by atoms with E-state index in [1.807, 2.05) is 6.07 Å². The van der Waals surface area contributed by atoms with Crippen molar-refractivity contribution in [1.82, 2.24) is 5.32 Å². The first-order valence-corrected chi connectivity index (χ1v) is 7.00. The molecule has 1 aliphatic heterocycles. The Hall–Kier alpha value is -0.810. The molecule has 0 spiro atoms. The quantitative estimate of drug-likeness (QED) is 0.809. The van der Waals surface area contributed by atoms with Crippen LogP contribution in [0.25, 0.3) is 0 Å². The Morgan fingerprint density at radius 2 is 2.16 bits per heavy atom. The van der Waals surface area contributed by atoms with Crippen LogP contribution in [-0.4, -0.2) is 46.6 Å². The number of halogens is 1. The predicted molar refractivity (Wildman–Crippen MR) is 78.1 cm³/mol. The van der Waals surface area contributed by atoms with E-state index in [1.54, 1.807) is 7.11 Å². The topological polar surface area (TPSA) is 33.7 Å². The molecule has 19 heavy (non-hydrogen) atoms. The summed E-state index contributed by atoms with van der Waals surface area (Å²) in [6.45, 7) is 5.75. The predicted octanol–water partition coefficient (Wildman–Crippen LogP) is 1.91. The third kappa shape index (κ3) is 4.35. The van der Waals surface area contributed by atoms with Crippen LogP contribution in [0.15, 0.2) is 18.2 Å². The molecule has 0 aromatic heterocycles. The van der Waals surface area contributed by atoms with E-state index in [2.05, 4.69) is 22.3 Å². The van der Waals surface area contributed by atoms with E-state index in [0.717, 1.165) is 56.7 Å². The molecule has 5 heteroatoms. The minimum Gasteiger partial charge on any atom is -0.383 e. The molecule has 1 aromatic rings. The molecule has 0 atom stereocenters. The largest absolute Gasteiger partial charge is 0.383 e. The Morgan fingerprint density at radius 3 is 2.84 bits per heavy atom. The van der Waals surface area contributed by atoms with E-state index in [9.17, 15) is 0 Å². The Bertz CT molecular complexity index is 395. The Labute approximate surface area is 119 Å². The van der Waals surface area contributed by atoms with Gasteiger partial charge in [-0.15, -0.1) is 0 Å². The van der Waals surface area contributed by atoms with Crippen molar-refractivity contribution in [3.05, 3.63) is 28.8 Å². The Balaban J connectivity index is 1.92. The number of hydrogen-bond acceptors (Lipinski definition) is 4. The van der Waals surface area contributed by atoms with Crippen molar-refractivity contribution < 1.29 is 9.47 Å². The standard InChI is InChI=1S/C14H21ClN2O2/c1-18-7-4-16-11-12-2-3-14(13(15)10-12)17-5-8-19-9-6-17/h2-3,10,16H,4-9,11H2,1H3. The third-order valence-corrected chi connectivity index (χ3v) is 3.48. The first-order valence-electron chi connectivity index (χ1n) is 6.62. The monoisotopic (exact) mass is 284 g/mol. The van der Waals surface area contributed by atoms with Crippen LogP contribution in [0.3, 0.4) is 0 Å². The lowest BCUT2D eigenvalue weighted by atomic mass is 10.2. The summed E-state index contributed by atoms with van der Waals surface area (Å²) in [5, 5.41) is 4.12. The van der Waals surface area contributed by atoms with Gasteiger partial charge in [-0.1, -0.05) is 17.7 Å². The number of nitrogens with one attached hydrogen (secondary N) is 1. The maximum Gasteiger partial charge on any atom is 0.0642 e. The second-order valence-corrected chi connectivity index (χ2v) is 4.96. The summed E-state index contributed by atoms with van der Waals surface area (Å²) in [5.74, 6) is 0. The summed E-state index contributed by atoms with van der Waals surface area (Å²) in [7, 11) is 1.70. The smallest absolute Gasteiger partial charge is 0.0642 e. The average molecular weight is 285 g/mol. The zero-order chi connectivity index (χ0) is 13.5. The molecule has 2 rings (SSSR count). The molecule has 4 nitrogen and oxygen atoms in total. The Morgan fingerprint density at radius 1 is 1.37 bits per heavy atom. The molecule has 0 unspecified atom stereocenters. The molecule has 0 radical (unpaired) electrons. The van der Waals surface area contributed by atoms with Gasteiger partial charge in [-0.3, -0.25) is 0 Å². The van der Waals surface area contributed by atoms with Crippen LogP contribution in [0.5, 0.6) is 0 Å². The van der Waals surface area contributed by atoms with Crippen molar-refractivity contribution in [1.29, 1.82) is 0 Å². The number of benzene rings is 1. The van der Waals surface area contributed by atoms with E-state index < -0.39 is 0 Å². The number of nitrogens with zero attached hydrogens (tertiary/aromatic N) is 1. The Kier molecular flexibility index (Phi) is 5.92. The lowest BCUT2D eigenvalue weighted by Crippen LogP contribution is -2.36. The molecule has 1 aliphatic rings. The highest BCUT2D eigenvalue weighted by atomic mass is 35.5. The van der Waals surface area contributed by atoms with Crippen molar-refractivity contribution in [2.45, 2.75) is 6.54 Å². The number of anilines is 1. The van der Waals surface area contributed by atoms with Crippen molar-refractivity contribution in [2.75, 3.05) is 51.5 Å². The van der Waals surface area contributed by atoms with Gasteiger partial charge in [0.1, 0.15) is 0 Å². The maximum atomic E-state index is 6.37. The number of rotatable bonds is 6. The van der Waals surface area contributed by atoms with E-state index in [1.165, 1.54) is 5.56 Å². The van der Waals surface area contributed by atoms with Crippen molar-refractivity contribution in [3.63, 3.8) is 0 Å². The van der Waals surface area contributed by atoms with Crippen LogP contribution in [-0.2, 0) is 16.0 Å². The molecule has 1 fully saturated rings. The van der Waals surface area contributed by atoms with E-state index in [0.29, 0.717) is 0 Å². The summed E-state index contributed by atoms with van der Waals surface area (Å²) in [6, 6.07) is 6.25. The van der Waals surface area contributed by atoms with Gasteiger partial charge in [-0.25, -0.2) is 0 Å². The molecular weight excluding hydrogens is 264 g/mol. The molecule has 0 saturated carbocycles. The number of methoxy groups -OCH3 is 1. The van der Waals surface area contributed by atoms with Gasteiger partial charge in [0.05, 0.1) is 30.5 Å². The molecule has 0 aliphatic carbocycles. The van der Waals surface area contributed by atoms with Crippen LogP contribution >= 0.6 is 11.6 Å². The second-order valence-electron chi connectivity index (χ2n) is 4.55. The number of morpholine rings is 1. The van der Waals surface area contributed by atoms with Crippen molar-refractivity contribution in [3.8, 4) is 0 Å². The number of ether oxygens (including phenoxy) is 2. The molecule has 1 aromatic carbocycles. The van der Waals surface area contributed by atoms with Crippen molar-refractivity contribution in [2.24, 2.45) is 0 Å². The van der Waals surface area contributed by atoms with Gasteiger partial charge in [0.2, 0.25) is 0 Å². The fourth-order valence-electron chi connectivity index (χ4n) is 2.13. The first-order chi connectivity index (χ1) is 9.31. The fourth-order valence-corrected chi connectivity index (χ4v) is 2.45. The summed E-state index contributed by atoms with van der Waals surface area (Å²) in [6.07, 6.45) is 0. The summed E-state index contributed by atoms with van der Waals surface area (Å²) in [4.78, 5) is 2.27. The molecule has 106 valence electrons. The van der Waals surface area contributed by atoms with Crippen LogP contribution in [0, 0.1) is 0 Å². The minimum absolute atomic E-state index is 0.722.